The van der Waals surface area contributed by atoms with Crippen LogP contribution in [0.1, 0.15) is 18.4 Å². The molecular formula is C64H46N2. The Morgan fingerprint density at radius 2 is 0.773 bits per heavy atom. The van der Waals surface area contributed by atoms with Crippen molar-refractivity contribution in [2.45, 2.75) is 12.8 Å². The Balaban J connectivity index is 1.19. The minimum absolute atomic E-state index is 0.964. The molecule has 0 saturated carbocycles. The van der Waals surface area contributed by atoms with Crippen LogP contribution in [0.2, 0.25) is 0 Å². The molecule has 2 nitrogen and oxygen atoms in total. The molecule has 0 N–H and O–H groups in total. The molecule has 312 valence electrons. The zero-order chi connectivity index (χ0) is 43.8. The molecule has 0 atom stereocenters. The van der Waals surface area contributed by atoms with E-state index >= 15 is 0 Å². The lowest BCUT2D eigenvalue weighted by Gasteiger charge is -2.29. The Kier molecular flexibility index (Phi) is 10.0. The first-order valence-electron chi connectivity index (χ1n) is 23.0. The summed E-state index contributed by atoms with van der Waals surface area (Å²) >= 11 is 0. The van der Waals surface area contributed by atoms with Crippen LogP contribution >= 0.6 is 0 Å². The van der Waals surface area contributed by atoms with E-state index < -0.39 is 0 Å². The number of hydrogen-bond donors (Lipinski definition) is 0. The Labute approximate surface area is 386 Å². The minimum atomic E-state index is 0.964. The van der Waals surface area contributed by atoms with Gasteiger partial charge in [-0.15, -0.1) is 0 Å². The smallest absolute Gasteiger partial charge is 0.0468 e. The second-order valence-electron chi connectivity index (χ2n) is 17.1. The maximum atomic E-state index is 2.46. The average Bonchev–Trinajstić information content (AvgIpc) is 3.39. The molecule has 2 heteroatoms. The highest BCUT2D eigenvalue weighted by Gasteiger charge is 2.24. The van der Waals surface area contributed by atoms with E-state index in [0.29, 0.717) is 0 Å². The summed E-state index contributed by atoms with van der Waals surface area (Å²) < 4.78 is 0. The summed E-state index contributed by atoms with van der Waals surface area (Å²) in [6.45, 7) is 0. The fraction of sp³-hybridized carbons (Fsp3) is 0.0312. The van der Waals surface area contributed by atoms with Gasteiger partial charge in [-0.2, -0.15) is 0 Å². The molecule has 0 radical (unpaired) electrons. The third-order valence-electron chi connectivity index (χ3n) is 13.2. The van der Waals surface area contributed by atoms with Crippen LogP contribution in [0.3, 0.4) is 0 Å². The quantitative estimate of drug-likeness (QED) is 0.134. The summed E-state index contributed by atoms with van der Waals surface area (Å²) in [5, 5.41) is 9.84. The highest BCUT2D eigenvalue weighted by molar-refractivity contribution is 6.22. The Morgan fingerprint density at radius 1 is 0.288 bits per heavy atom. The third kappa shape index (κ3) is 7.01. The van der Waals surface area contributed by atoms with Crippen molar-refractivity contribution in [1.82, 2.24) is 0 Å². The number of para-hydroxylation sites is 3. The van der Waals surface area contributed by atoms with E-state index in [2.05, 4.69) is 265 Å². The zero-order valence-corrected chi connectivity index (χ0v) is 36.6. The summed E-state index contributed by atoms with van der Waals surface area (Å²) in [7, 11) is 0. The number of anilines is 6. The van der Waals surface area contributed by atoms with Crippen molar-refractivity contribution in [2.24, 2.45) is 0 Å². The lowest BCUT2D eigenvalue weighted by atomic mass is 9.81. The molecule has 0 amide bonds. The van der Waals surface area contributed by atoms with Crippen LogP contribution < -0.4 is 9.80 Å². The molecular weight excluding hydrogens is 797 g/mol. The lowest BCUT2D eigenvalue weighted by molar-refractivity contribution is 1.06. The van der Waals surface area contributed by atoms with Gasteiger partial charge in [-0.3, -0.25) is 0 Å². The molecule has 11 aromatic rings. The maximum Gasteiger partial charge on any atom is 0.0468 e. The average molecular weight is 843 g/mol. The van der Waals surface area contributed by atoms with Crippen LogP contribution in [0.25, 0.3) is 70.9 Å². The molecule has 0 saturated heterocycles. The van der Waals surface area contributed by atoms with Crippen molar-refractivity contribution in [3.63, 3.8) is 0 Å². The first-order chi connectivity index (χ1) is 32.8. The molecule has 0 bridgehead atoms. The topological polar surface area (TPSA) is 6.48 Å². The standard InChI is InChI=1S/C64H46N2/c1-5-22-47(23-6-1)63-59-40-38-53(65(49-26-7-2-8-27-49)50-28-9-3-10-29-50)44-62(59)64(58-34-18-17-33-57(58)56-35-19-25-46-21-15-16-32-55(46)56)60-41-39-54(43-61(60)63)66(51-30-11-4-12-31-51)52-37-36-45-20-13-14-24-48(45)42-52/h1-5,7-22,24-44H,6,23H2. The van der Waals surface area contributed by atoms with Crippen LogP contribution in [0.4, 0.5) is 34.1 Å². The van der Waals surface area contributed by atoms with Gasteiger partial charge in [-0.25, -0.2) is 0 Å². The van der Waals surface area contributed by atoms with E-state index in [1.54, 1.807) is 0 Å². The van der Waals surface area contributed by atoms with E-state index in [1.165, 1.54) is 76.5 Å². The van der Waals surface area contributed by atoms with Gasteiger partial charge < -0.3 is 9.80 Å². The van der Waals surface area contributed by atoms with Crippen molar-refractivity contribution in [3.8, 4) is 22.3 Å². The molecule has 1 aliphatic rings. The van der Waals surface area contributed by atoms with Crippen molar-refractivity contribution >= 4 is 82.8 Å². The summed E-state index contributed by atoms with van der Waals surface area (Å²) in [6, 6.07) is 86.6. The van der Waals surface area contributed by atoms with Gasteiger partial charge in [0, 0.05) is 34.1 Å². The minimum Gasteiger partial charge on any atom is -0.310 e. The van der Waals surface area contributed by atoms with Crippen molar-refractivity contribution < 1.29 is 0 Å². The first-order valence-corrected chi connectivity index (χ1v) is 23.0. The van der Waals surface area contributed by atoms with E-state index in [4.69, 9.17) is 0 Å². The SMILES string of the molecule is C1=CCCC(c2c3cc(N(c4ccccc4)c4ccc5ccccc5c4)ccc3c(-c3ccccc3-c3cccc4ccccc34)c3cc(N(c4ccccc4)c4ccccc4)ccc23)=C1. The molecule has 11 aromatic carbocycles. The molecule has 0 aromatic heterocycles. The molecule has 0 aliphatic heterocycles. The summed E-state index contributed by atoms with van der Waals surface area (Å²) in [6.07, 6.45) is 8.85. The Morgan fingerprint density at radius 3 is 1.42 bits per heavy atom. The zero-order valence-electron chi connectivity index (χ0n) is 36.6. The van der Waals surface area contributed by atoms with Gasteiger partial charge in [0.25, 0.3) is 0 Å². The van der Waals surface area contributed by atoms with E-state index in [9.17, 15) is 0 Å². The predicted octanol–water partition coefficient (Wildman–Crippen LogP) is 18.3. The van der Waals surface area contributed by atoms with Crippen molar-refractivity contribution in [2.75, 3.05) is 9.80 Å². The Hall–Kier alpha value is -8.46. The van der Waals surface area contributed by atoms with Crippen LogP contribution in [0.5, 0.6) is 0 Å². The number of allylic oxidation sites excluding steroid dienone is 4. The number of fused-ring (bicyclic) bond motifs is 4. The number of nitrogens with zero attached hydrogens (tertiary/aromatic N) is 2. The first kappa shape index (κ1) is 39.2. The predicted molar refractivity (Wildman–Crippen MR) is 283 cm³/mol. The summed E-state index contributed by atoms with van der Waals surface area (Å²) in [4.78, 5) is 4.80. The van der Waals surface area contributed by atoms with Gasteiger partial charge in [-0.05, 0) is 162 Å². The molecule has 0 unspecified atom stereocenters. The monoisotopic (exact) mass is 842 g/mol. The second-order valence-corrected chi connectivity index (χ2v) is 17.1. The van der Waals surface area contributed by atoms with Gasteiger partial charge in [0.05, 0.1) is 0 Å². The lowest BCUT2D eigenvalue weighted by Crippen LogP contribution is -2.10. The van der Waals surface area contributed by atoms with Gasteiger partial charge >= 0.3 is 0 Å². The fourth-order valence-corrected chi connectivity index (χ4v) is 10.3. The summed E-state index contributed by atoms with van der Waals surface area (Å²) in [5.74, 6) is 0. The number of hydrogen-bond acceptors (Lipinski definition) is 2. The van der Waals surface area contributed by atoms with Crippen LogP contribution in [0, 0.1) is 0 Å². The number of rotatable bonds is 9. The molecule has 0 fully saturated rings. The second kappa shape index (κ2) is 16.9. The van der Waals surface area contributed by atoms with E-state index in [1.807, 2.05) is 0 Å². The van der Waals surface area contributed by atoms with Gasteiger partial charge in [0.15, 0.2) is 0 Å². The highest BCUT2D eigenvalue weighted by atomic mass is 15.1. The van der Waals surface area contributed by atoms with Crippen molar-refractivity contribution in [1.29, 1.82) is 0 Å². The third-order valence-corrected chi connectivity index (χ3v) is 13.2. The number of benzene rings is 11. The highest BCUT2D eigenvalue weighted by Crippen LogP contribution is 2.50. The van der Waals surface area contributed by atoms with Crippen LogP contribution in [-0.2, 0) is 0 Å². The summed E-state index contributed by atoms with van der Waals surface area (Å²) in [5.41, 5.74) is 14.2. The fourth-order valence-electron chi connectivity index (χ4n) is 10.3. The van der Waals surface area contributed by atoms with Gasteiger partial charge in [0.1, 0.15) is 0 Å². The van der Waals surface area contributed by atoms with Gasteiger partial charge in [0.2, 0.25) is 0 Å². The molecule has 66 heavy (non-hydrogen) atoms. The maximum absolute atomic E-state index is 2.46. The van der Waals surface area contributed by atoms with Gasteiger partial charge in [-0.1, -0.05) is 182 Å². The molecule has 12 rings (SSSR count). The van der Waals surface area contributed by atoms with Crippen LogP contribution in [-0.4, -0.2) is 0 Å². The van der Waals surface area contributed by atoms with Crippen LogP contribution in [0.15, 0.2) is 255 Å². The molecule has 0 spiro atoms. The molecule has 1 aliphatic carbocycles. The normalized spacial score (nSPS) is 12.5. The van der Waals surface area contributed by atoms with E-state index in [0.717, 1.165) is 47.0 Å². The molecule has 0 heterocycles. The van der Waals surface area contributed by atoms with Crippen molar-refractivity contribution in [3.05, 3.63) is 260 Å². The largest absolute Gasteiger partial charge is 0.310 e. The van der Waals surface area contributed by atoms with E-state index in [-0.39, 0.29) is 0 Å². The Bertz CT molecular complexity index is 3600.